The minimum Gasteiger partial charge on any atom is -0.362 e. The van der Waals surface area contributed by atoms with Crippen LogP contribution in [0.1, 0.15) is 86.8 Å². The number of hydrogen-bond acceptors (Lipinski definition) is 4. The maximum Gasteiger partial charge on any atom is 0.167 e. The fourth-order valence-electron chi connectivity index (χ4n) is 6.89. The molecule has 1 aromatic carbocycles. The van der Waals surface area contributed by atoms with Crippen molar-refractivity contribution in [2.75, 3.05) is 0 Å². The Morgan fingerprint density at radius 2 is 1.36 bits per heavy atom. The first kappa shape index (κ1) is 22.3. The fraction of sp³-hybridized carbons (Fsp3) is 0.552. The molecule has 0 spiro atoms. The van der Waals surface area contributed by atoms with Gasteiger partial charge < -0.3 is 5.32 Å². The highest BCUT2D eigenvalue weighted by atomic mass is 16.1. The van der Waals surface area contributed by atoms with Gasteiger partial charge in [0, 0.05) is 52.8 Å². The lowest BCUT2D eigenvalue weighted by Crippen LogP contribution is -2.47. The molecule has 1 heterocycles. The number of Topliss-reactive ketones (excluding diaryl/α,β-unsaturated/α-hetero) is 3. The van der Waals surface area contributed by atoms with Gasteiger partial charge in [-0.25, -0.2) is 0 Å². The van der Waals surface area contributed by atoms with Crippen molar-refractivity contribution in [3.63, 3.8) is 0 Å². The molecule has 1 N–H and O–H groups in total. The van der Waals surface area contributed by atoms with Crippen LogP contribution in [0.25, 0.3) is 0 Å². The van der Waals surface area contributed by atoms with Crippen molar-refractivity contribution in [3.05, 3.63) is 56.9 Å². The van der Waals surface area contributed by atoms with Gasteiger partial charge in [0.25, 0.3) is 0 Å². The van der Waals surface area contributed by atoms with Crippen LogP contribution in [-0.2, 0) is 16.0 Å². The zero-order chi connectivity index (χ0) is 23.9. The Balaban J connectivity index is 1.67. The lowest BCUT2D eigenvalue weighted by molar-refractivity contribution is -0.119. The van der Waals surface area contributed by atoms with E-state index in [-0.39, 0.29) is 34.1 Å². The van der Waals surface area contributed by atoms with Gasteiger partial charge in [0.05, 0.1) is 0 Å². The van der Waals surface area contributed by atoms with Gasteiger partial charge in [-0.1, -0.05) is 45.4 Å². The van der Waals surface area contributed by atoms with E-state index in [1.54, 1.807) is 0 Å². The normalized spacial score (nSPS) is 26.6. The second-order valence-corrected chi connectivity index (χ2v) is 12.4. The van der Waals surface area contributed by atoms with Crippen LogP contribution in [0.15, 0.2) is 34.7 Å². The van der Waals surface area contributed by atoms with Gasteiger partial charge in [-0.05, 0) is 61.5 Å². The predicted octanol–water partition coefficient (Wildman–Crippen LogP) is 5.55. The first-order valence-electron chi connectivity index (χ1n) is 12.3. The zero-order valence-electron chi connectivity index (χ0n) is 20.8. The van der Waals surface area contributed by atoms with Crippen molar-refractivity contribution in [2.45, 2.75) is 80.1 Å². The Labute approximate surface area is 196 Å². The third-order valence-electron chi connectivity index (χ3n) is 8.04. The summed E-state index contributed by atoms with van der Waals surface area (Å²) < 4.78 is 0. The first-order valence-corrected chi connectivity index (χ1v) is 12.3. The average molecular weight is 446 g/mol. The largest absolute Gasteiger partial charge is 0.362 e. The van der Waals surface area contributed by atoms with Crippen LogP contribution in [0.4, 0.5) is 0 Å². The predicted molar refractivity (Wildman–Crippen MR) is 129 cm³/mol. The summed E-state index contributed by atoms with van der Waals surface area (Å²) in [5, 5.41) is 3.56. The second kappa shape index (κ2) is 7.25. The van der Waals surface area contributed by atoms with Gasteiger partial charge in [0.15, 0.2) is 17.3 Å². The molecule has 1 aliphatic heterocycles. The van der Waals surface area contributed by atoms with Crippen LogP contribution in [0.5, 0.6) is 0 Å². The third kappa shape index (κ3) is 3.62. The number of aryl methyl sites for hydroxylation is 3. The molecule has 3 aliphatic carbocycles. The van der Waals surface area contributed by atoms with E-state index >= 15 is 0 Å². The number of dihydropyridines is 1. The van der Waals surface area contributed by atoms with Crippen molar-refractivity contribution in [3.8, 4) is 0 Å². The second-order valence-electron chi connectivity index (χ2n) is 12.4. The highest BCUT2D eigenvalue weighted by Gasteiger charge is 2.50. The van der Waals surface area contributed by atoms with Crippen LogP contribution in [0.3, 0.4) is 0 Å². The molecule has 4 heteroatoms. The summed E-state index contributed by atoms with van der Waals surface area (Å²) >= 11 is 0. The maximum absolute atomic E-state index is 14.0. The van der Waals surface area contributed by atoms with E-state index in [2.05, 4.69) is 52.1 Å². The molecule has 1 aromatic rings. The Kier molecular flexibility index (Phi) is 4.90. The summed E-state index contributed by atoms with van der Waals surface area (Å²) in [6.45, 7) is 12.6. The Bertz CT molecular complexity index is 1130. The third-order valence-corrected chi connectivity index (χ3v) is 8.04. The molecule has 4 aliphatic rings. The summed E-state index contributed by atoms with van der Waals surface area (Å²) in [5.41, 5.74) is 7.17. The van der Waals surface area contributed by atoms with Gasteiger partial charge >= 0.3 is 0 Å². The number of fused-ring (bicyclic) bond motifs is 1. The summed E-state index contributed by atoms with van der Waals surface area (Å²) in [6, 6.07) is 4.19. The summed E-state index contributed by atoms with van der Waals surface area (Å²) in [7, 11) is 0. The molecule has 0 bridgehead atoms. The van der Waals surface area contributed by atoms with Crippen molar-refractivity contribution < 1.29 is 14.4 Å². The smallest absolute Gasteiger partial charge is 0.167 e. The Morgan fingerprint density at radius 1 is 0.818 bits per heavy atom. The van der Waals surface area contributed by atoms with E-state index < -0.39 is 5.92 Å². The molecule has 0 amide bonds. The van der Waals surface area contributed by atoms with Crippen molar-refractivity contribution in [1.29, 1.82) is 0 Å². The van der Waals surface area contributed by atoms with E-state index in [0.717, 1.165) is 47.3 Å². The Hall–Kier alpha value is -2.49. The molecule has 0 saturated heterocycles. The van der Waals surface area contributed by atoms with E-state index in [9.17, 15) is 14.4 Å². The Morgan fingerprint density at radius 3 is 1.91 bits per heavy atom. The van der Waals surface area contributed by atoms with E-state index in [1.807, 2.05) is 6.92 Å². The molecule has 0 fully saturated rings. The van der Waals surface area contributed by atoms with E-state index in [0.29, 0.717) is 30.4 Å². The van der Waals surface area contributed by atoms with E-state index in [1.165, 1.54) is 5.56 Å². The minimum atomic E-state index is -0.412. The number of hydrogen-bond donors (Lipinski definition) is 1. The van der Waals surface area contributed by atoms with E-state index in [4.69, 9.17) is 0 Å². The number of allylic oxidation sites excluding steroid dienone is 4. The lowest BCUT2D eigenvalue weighted by atomic mass is 9.60. The topological polar surface area (TPSA) is 63.2 Å². The summed E-state index contributed by atoms with van der Waals surface area (Å²) in [6.07, 6.45) is 3.95. The summed E-state index contributed by atoms with van der Waals surface area (Å²) in [5.74, 6) is -0.463. The number of rotatable bonds is 1. The molecule has 1 atom stereocenters. The number of carbonyl (C=O) groups excluding carboxylic acids is 3. The highest BCUT2D eigenvalue weighted by Crippen LogP contribution is 2.51. The quantitative estimate of drug-likeness (QED) is 0.615. The maximum atomic E-state index is 14.0. The fourth-order valence-corrected chi connectivity index (χ4v) is 6.89. The van der Waals surface area contributed by atoms with Gasteiger partial charge in [-0.3, -0.25) is 14.4 Å². The monoisotopic (exact) mass is 445 g/mol. The highest BCUT2D eigenvalue weighted by molar-refractivity contribution is 6.09. The van der Waals surface area contributed by atoms with Crippen LogP contribution >= 0.6 is 0 Å². The minimum absolute atomic E-state index is 0.0992. The molecule has 0 radical (unpaired) electrons. The van der Waals surface area contributed by atoms with Crippen LogP contribution in [-0.4, -0.2) is 17.3 Å². The number of nitrogens with one attached hydrogen (secondary N) is 1. The number of ketones is 3. The van der Waals surface area contributed by atoms with Crippen molar-refractivity contribution in [2.24, 2.45) is 22.7 Å². The van der Waals surface area contributed by atoms with Crippen molar-refractivity contribution in [1.82, 2.24) is 5.32 Å². The molecule has 33 heavy (non-hydrogen) atoms. The summed E-state index contributed by atoms with van der Waals surface area (Å²) in [4.78, 5) is 41.0. The van der Waals surface area contributed by atoms with Crippen molar-refractivity contribution >= 4 is 17.3 Å². The molecule has 1 unspecified atom stereocenters. The molecule has 174 valence electrons. The van der Waals surface area contributed by atoms with Gasteiger partial charge in [0.2, 0.25) is 0 Å². The van der Waals surface area contributed by atoms with Crippen LogP contribution < -0.4 is 5.32 Å². The molecular formula is C29H35NO3. The molecule has 0 aromatic heterocycles. The van der Waals surface area contributed by atoms with Crippen LogP contribution in [0.2, 0.25) is 0 Å². The van der Waals surface area contributed by atoms with Crippen LogP contribution in [0, 0.1) is 36.5 Å². The lowest BCUT2D eigenvalue weighted by Gasteiger charge is -2.46. The number of benzene rings is 1. The van der Waals surface area contributed by atoms with Gasteiger partial charge in [-0.15, -0.1) is 0 Å². The van der Waals surface area contributed by atoms with Gasteiger partial charge in [0.1, 0.15) is 0 Å². The first-order chi connectivity index (χ1) is 15.4. The zero-order valence-corrected chi connectivity index (χ0v) is 20.8. The standard InChI is InChI=1S/C29H35NO3/c1-15-9-16(2)23-17(10-15)7-8-18(27(23)33)24-25-19(11-28(3,4)13-21(25)31)30-20-12-29(5,6)14-22(32)26(20)24/h9-10,18,24,30H,7-8,11-14H2,1-6H3. The average Bonchev–Trinajstić information content (AvgIpc) is 2.64. The SMILES string of the molecule is Cc1cc(C)c2c(c1)CCC(C1C3=C(CC(C)(C)CC3=O)NC3=C1C(=O)CC(C)(C)C3)C2=O. The molecule has 0 saturated carbocycles. The van der Waals surface area contributed by atoms with Gasteiger partial charge in [-0.2, -0.15) is 0 Å². The molecular weight excluding hydrogens is 410 g/mol. The molecule has 5 rings (SSSR count). The number of carbonyl (C=O) groups is 3. The molecule has 4 nitrogen and oxygen atoms in total.